The molecule has 82 valence electrons. The first-order valence-corrected chi connectivity index (χ1v) is 5.64. The number of fused-ring (bicyclic) bond motifs is 1. The van der Waals surface area contributed by atoms with Crippen molar-refractivity contribution in [3.63, 3.8) is 0 Å². The molecule has 1 aromatic heterocycles. The highest BCUT2D eigenvalue weighted by atomic mass is 14.8. The van der Waals surface area contributed by atoms with Crippen LogP contribution in [-0.2, 0) is 6.42 Å². The maximum atomic E-state index is 4.62. The van der Waals surface area contributed by atoms with E-state index in [9.17, 15) is 0 Å². The Morgan fingerprint density at radius 2 is 2.00 bits per heavy atom. The molecule has 0 N–H and O–H groups in total. The third-order valence-corrected chi connectivity index (χ3v) is 2.67. The summed E-state index contributed by atoms with van der Waals surface area (Å²) < 4.78 is 0. The minimum atomic E-state index is 0.961. The third-order valence-electron chi connectivity index (χ3n) is 2.67. The standard InChI is InChI=1S/C14H16N2/c1-4-6-12-10(3)15-13-8-7-11(5-2)9-14(13)16-12/h4,6-9H,5H2,1-3H3. The molecule has 0 unspecified atom stereocenters. The highest BCUT2D eigenvalue weighted by molar-refractivity contribution is 5.76. The normalized spacial score (nSPS) is 11.4. The van der Waals surface area contributed by atoms with Crippen molar-refractivity contribution < 1.29 is 0 Å². The van der Waals surface area contributed by atoms with Gasteiger partial charge in [-0.3, -0.25) is 0 Å². The summed E-state index contributed by atoms with van der Waals surface area (Å²) in [5.41, 5.74) is 5.20. The second kappa shape index (κ2) is 4.44. The van der Waals surface area contributed by atoms with Gasteiger partial charge in [-0.1, -0.05) is 19.1 Å². The van der Waals surface area contributed by atoms with Crippen LogP contribution in [0.3, 0.4) is 0 Å². The Morgan fingerprint density at radius 3 is 2.69 bits per heavy atom. The Hall–Kier alpha value is -1.70. The van der Waals surface area contributed by atoms with Crippen LogP contribution in [0.2, 0.25) is 0 Å². The minimum Gasteiger partial charge on any atom is -0.249 e. The van der Waals surface area contributed by atoms with Crippen LogP contribution in [0.4, 0.5) is 0 Å². The first kappa shape index (κ1) is 10.8. The SMILES string of the molecule is CC=Cc1nc2cc(CC)ccc2nc1C. The zero-order valence-electron chi connectivity index (χ0n) is 9.99. The molecule has 0 saturated heterocycles. The second-order valence-corrected chi connectivity index (χ2v) is 3.87. The molecule has 2 heteroatoms. The fraction of sp³-hybridized carbons (Fsp3) is 0.286. The first-order valence-electron chi connectivity index (χ1n) is 5.64. The number of nitrogens with zero attached hydrogens (tertiary/aromatic N) is 2. The number of hydrogen-bond acceptors (Lipinski definition) is 2. The summed E-state index contributed by atoms with van der Waals surface area (Å²) >= 11 is 0. The number of allylic oxidation sites excluding steroid dienone is 1. The lowest BCUT2D eigenvalue weighted by Crippen LogP contribution is -1.94. The van der Waals surface area contributed by atoms with E-state index in [0.29, 0.717) is 0 Å². The predicted octanol–water partition coefficient (Wildman–Crippen LogP) is 3.53. The smallest absolute Gasteiger partial charge is 0.0897 e. The molecule has 0 fully saturated rings. The molecule has 0 aliphatic rings. The molecule has 1 aromatic carbocycles. The molecule has 0 aliphatic heterocycles. The molecule has 2 aromatic rings. The molecule has 0 bridgehead atoms. The summed E-state index contributed by atoms with van der Waals surface area (Å²) in [5.74, 6) is 0. The van der Waals surface area contributed by atoms with Gasteiger partial charge in [-0.15, -0.1) is 0 Å². The van der Waals surface area contributed by atoms with Crippen LogP contribution in [0.1, 0.15) is 30.8 Å². The lowest BCUT2D eigenvalue weighted by molar-refractivity contribution is 1.12. The van der Waals surface area contributed by atoms with Crippen LogP contribution >= 0.6 is 0 Å². The Bertz CT molecular complexity index is 542. The van der Waals surface area contributed by atoms with Gasteiger partial charge in [-0.25, -0.2) is 9.97 Å². The van der Waals surface area contributed by atoms with Gasteiger partial charge in [-0.05, 0) is 44.0 Å². The Kier molecular flexibility index (Phi) is 3.00. The number of hydrogen-bond donors (Lipinski definition) is 0. The maximum absolute atomic E-state index is 4.62. The monoisotopic (exact) mass is 212 g/mol. The second-order valence-electron chi connectivity index (χ2n) is 3.87. The summed E-state index contributed by atoms with van der Waals surface area (Å²) in [6.07, 6.45) is 5.03. The number of aromatic nitrogens is 2. The minimum absolute atomic E-state index is 0.961. The number of aryl methyl sites for hydroxylation is 2. The molecular weight excluding hydrogens is 196 g/mol. The van der Waals surface area contributed by atoms with E-state index in [4.69, 9.17) is 0 Å². The molecule has 0 spiro atoms. The molecule has 0 saturated carbocycles. The summed E-state index contributed by atoms with van der Waals surface area (Å²) in [6, 6.07) is 6.29. The van der Waals surface area contributed by atoms with Crippen molar-refractivity contribution in [3.8, 4) is 0 Å². The Labute approximate surface area is 96.1 Å². The molecule has 2 nitrogen and oxygen atoms in total. The average Bonchev–Trinajstić information content (AvgIpc) is 2.30. The highest BCUT2D eigenvalue weighted by Gasteiger charge is 2.02. The Morgan fingerprint density at radius 1 is 1.19 bits per heavy atom. The quantitative estimate of drug-likeness (QED) is 0.761. The van der Waals surface area contributed by atoms with Crippen molar-refractivity contribution >= 4 is 17.1 Å². The van der Waals surface area contributed by atoms with Gasteiger partial charge in [-0.2, -0.15) is 0 Å². The van der Waals surface area contributed by atoms with Crippen LogP contribution in [0.15, 0.2) is 24.3 Å². The topological polar surface area (TPSA) is 25.8 Å². The molecule has 0 radical (unpaired) electrons. The van der Waals surface area contributed by atoms with Crippen molar-refractivity contribution in [3.05, 3.63) is 41.2 Å². The van der Waals surface area contributed by atoms with E-state index in [2.05, 4.69) is 29.0 Å². The number of benzene rings is 1. The van der Waals surface area contributed by atoms with E-state index in [-0.39, 0.29) is 0 Å². The van der Waals surface area contributed by atoms with Gasteiger partial charge >= 0.3 is 0 Å². The van der Waals surface area contributed by atoms with Crippen LogP contribution in [0, 0.1) is 6.92 Å². The highest BCUT2D eigenvalue weighted by Crippen LogP contribution is 2.15. The molecule has 0 amide bonds. The van der Waals surface area contributed by atoms with Crippen LogP contribution in [0.5, 0.6) is 0 Å². The fourth-order valence-corrected chi connectivity index (χ4v) is 1.74. The van der Waals surface area contributed by atoms with Crippen LogP contribution < -0.4 is 0 Å². The Balaban J connectivity index is 2.65. The zero-order valence-corrected chi connectivity index (χ0v) is 9.99. The predicted molar refractivity (Wildman–Crippen MR) is 68.4 cm³/mol. The maximum Gasteiger partial charge on any atom is 0.0897 e. The zero-order chi connectivity index (χ0) is 11.5. The molecule has 0 atom stereocenters. The van der Waals surface area contributed by atoms with Gasteiger partial charge in [0.15, 0.2) is 0 Å². The summed E-state index contributed by atoms with van der Waals surface area (Å²) in [7, 11) is 0. The van der Waals surface area contributed by atoms with Crippen molar-refractivity contribution in [2.24, 2.45) is 0 Å². The van der Waals surface area contributed by atoms with Gasteiger partial charge in [0.05, 0.1) is 22.4 Å². The van der Waals surface area contributed by atoms with Crippen molar-refractivity contribution in [2.75, 3.05) is 0 Å². The van der Waals surface area contributed by atoms with Gasteiger partial charge in [0, 0.05) is 0 Å². The van der Waals surface area contributed by atoms with Gasteiger partial charge in [0.2, 0.25) is 0 Å². The van der Waals surface area contributed by atoms with E-state index in [1.165, 1.54) is 5.56 Å². The van der Waals surface area contributed by atoms with E-state index in [1.807, 2.05) is 32.1 Å². The molecule has 0 aliphatic carbocycles. The summed E-state index contributed by atoms with van der Waals surface area (Å²) in [5, 5.41) is 0. The van der Waals surface area contributed by atoms with E-state index in [1.54, 1.807) is 0 Å². The average molecular weight is 212 g/mol. The molecular formula is C14H16N2. The van der Waals surface area contributed by atoms with E-state index in [0.717, 1.165) is 28.8 Å². The van der Waals surface area contributed by atoms with Crippen molar-refractivity contribution in [2.45, 2.75) is 27.2 Å². The first-order chi connectivity index (χ1) is 7.74. The van der Waals surface area contributed by atoms with Gasteiger partial charge < -0.3 is 0 Å². The third kappa shape index (κ3) is 1.96. The number of rotatable bonds is 2. The van der Waals surface area contributed by atoms with Crippen molar-refractivity contribution in [1.29, 1.82) is 0 Å². The van der Waals surface area contributed by atoms with Crippen molar-refractivity contribution in [1.82, 2.24) is 9.97 Å². The van der Waals surface area contributed by atoms with Gasteiger partial charge in [0.1, 0.15) is 0 Å². The van der Waals surface area contributed by atoms with Crippen LogP contribution in [-0.4, -0.2) is 9.97 Å². The van der Waals surface area contributed by atoms with Gasteiger partial charge in [0.25, 0.3) is 0 Å². The molecule has 2 rings (SSSR count). The lowest BCUT2D eigenvalue weighted by Gasteiger charge is -2.04. The van der Waals surface area contributed by atoms with E-state index >= 15 is 0 Å². The largest absolute Gasteiger partial charge is 0.249 e. The summed E-state index contributed by atoms with van der Waals surface area (Å²) in [4.78, 5) is 9.18. The summed E-state index contributed by atoms with van der Waals surface area (Å²) in [6.45, 7) is 6.14. The van der Waals surface area contributed by atoms with E-state index < -0.39 is 0 Å². The lowest BCUT2D eigenvalue weighted by atomic mass is 10.1. The molecule has 1 heterocycles. The fourth-order valence-electron chi connectivity index (χ4n) is 1.74. The molecule has 16 heavy (non-hydrogen) atoms. The van der Waals surface area contributed by atoms with Crippen LogP contribution in [0.25, 0.3) is 17.1 Å².